The summed E-state index contributed by atoms with van der Waals surface area (Å²) in [6, 6.07) is 10.6. The maximum Gasteiger partial charge on any atom is 0.108 e. The summed E-state index contributed by atoms with van der Waals surface area (Å²) < 4.78 is 6.00. The molecule has 0 saturated carbocycles. The Morgan fingerprint density at radius 2 is 2.19 bits per heavy atom. The lowest BCUT2D eigenvalue weighted by atomic mass is 9.97. The van der Waals surface area contributed by atoms with Crippen molar-refractivity contribution < 1.29 is 4.74 Å². The van der Waals surface area contributed by atoms with Crippen LogP contribution in [0.1, 0.15) is 37.9 Å². The molecule has 21 heavy (non-hydrogen) atoms. The molecule has 0 spiro atoms. The van der Waals surface area contributed by atoms with Crippen molar-refractivity contribution in [2.24, 2.45) is 0 Å². The van der Waals surface area contributed by atoms with E-state index < -0.39 is 0 Å². The Morgan fingerprint density at radius 1 is 1.38 bits per heavy atom. The molecule has 1 saturated heterocycles. The van der Waals surface area contributed by atoms with Crippen LogP contribution in [0.2, 0.25) is 0 Å². The summed E-state index contributed by atoms with van der Waals surface area (Å²) in [5.74, 6) is 2.59. The van der Waals surface area contributed by atoms with Crippen LogP contribution < -0.4 is 10.7 Å². The molecule has 2 rings (SSSR count). The fourth-order valence-corrected chi connectivity index (χ4v) is 2.72. The SMILES string of the molecule is C#CCOC(c1ccccc1)C(CCCC)N1CNCN1. The number of hydrogen-bond acceptors (Lipinski definition) is 4. The fourth-order valence-electron chi connectivity index (χ4n) is 2.72. The van der Waals surface area contributed by atoms with Gasteiger partial charge in [-0.2, -0.15) is 0 Å². The molecule has 1 aliphatic rings. The smallest absolute Gasteiger partial charge is 0.108 e. The van der Waals surface area contributed by atoms with Crippen LogP contribution in [0.5, 0.6) is 0 Å². The van der Waals surface area contributed by atoms with E-state index in [1.54, 1.807) is 0 Å². The van der Waals surface area contributed by atoms with Crippen LogP contribution in [0.15, 0.2) is 30.3 Å². The molecule has 0 bridgehead atoms. The molecule has 1 heterocycles. The normalized spacial score (nSPS) is 18.3. The second-order valence-electron chi connectivity index (χ2n) is 5.27. The van der Waals surface area contributed by atoms with Gasteiger partial charge in [-0.15, -0.1) is 6.42 Å². The molecule has 0 radical (unpaired) electrons. The summed E-state index contributed by atoms with van der Waals surface area (Å²) in [6.07, 6.45) is 8.81. The number of benzene rings is 1. The minimum atomic E-state index is -0.0128. The molecular weight excluding hydrogens is 262 g/mol. The predicted octanol–water partition coefficient (Wildman–Crippen LogP) is 2.26. The third-order valence-corrected chi connectivity index (χ3v) is 3.77. The zero-order valence-corrected chi connectivity index (χ0v) is 12.7. The van der Waals surface area contributed by atoms with Crippen molar-refractivity contribution in [3.05, 3.63) is 35.9 Å². The van der Waals surface area contributed by atoms with Gasteiger partial charge in [0.05, 0.1) is 19.4 Å². The Morgan fingerprint density at radius 3 is 2.81 bits per heavy atom. The zero-order chi connectivity index (χ0) is 14.9. The average Bonchev–Trinajstić information content (AvgIpc) is 3.05. The maximum atomic E-state index is 6.00. The van der Waals surface area contributed by atoms with E-state index in [-0.39, 0.29) is 12.1 Å². The van der Waals surface area contributed by atoms with E-state index in [4.69, 9.17) is 11.2 Å². The lowest BCUT2D eigenvalue weighted by Gasteiger charge is -2.33. The average molecular weight is 287 g/mol. The highest BCUT2D eigenvalue weighted by molar-refractivity contribution is 5.19. The third-order valence-electron chi connectivity index (χ3n) is 3.77. The van der Waals surface area contributed by atoms with Crippen molar-refractivity contribution in [3.8, 4) is 12.3 Å². The summed E-state index contributed by atoms with van der Waals surface area (Å²) in [6.45, 7) is 4.19. The lowest BCUT2D eigenvalue weighted by molar-refractivity contribution is -0.0147. The number of ether oxygens (including phenoxy) is 1. The van der Waals surface area contributed by atoms with E-state index in [1.807, 2.05) is 18.2 Å². The first-order chi connectivity index (χ1) is 10.4. The van der Waals surface area contributed by atoms with Crippen LogP contribution in [0.4, 0.5) is 0 Å². The van der Waals surface area contributed by atoms with Crippen LogP contribution in [0.3, 0.4) is 0 Å². The topological polar surface area (TPSA) is 36.5 Å². The van der Waals surface area contributed by atoms with Crippen LogP contribution in [0, 0.1) is 12.3 Å². The van der Waals surface area contributed by atoms with Crippen molar-refractivity contribution in [2.45, 2.75) is 38.3 Å². The van der Waals surface area contributed by atoms with Crippen molar-refractivity contribution in [1.29, 1.82) is 0 Å². The van der Waals surface area contributed by atoms with E-state index in [0.717, 1.165) is 19.8 Å². The molecule has 114 valence electrons. The van der Waals surface area contributed by atoms with Gasteiger partial charge in [-0.3, -0.25) is 5.32 Å². The fraction of sp³-hybridized carbons (Fsp3) is 0.529. The first-order valence-electron chi connectivity index (χ1n) is 7.67. The largest absolute Gasteiger partial charge is 0.359 e. The zero-order valence-electron chi connectivity index (χ0n) is 12.7. The van der Waals surface area contributed by atoms with Gasteiger partial charge < -0.3 is 4.74 Å². The predicted molar refractivity (Wildman–Crippen MR) is 85.1 cm³/mol. The number of nitrogens with one attached hydrogen (secondary N) is 2. The van der Waals surface area contributed by atoms with Crippen LogP contribution >= 0.6 is 0 Å². The monoisotopic (exact) mass is 287 g/mol. The van der Waals surface area contributed by atoms with Crippen molar-refractivity contribution in [2.75, 3.05) is 19.9 Å². The number of hydrazine groups is 1. The summed E-state index contributed by atoms with van der Waals surface area (Å²) in [5, 5.41) is 5.55. The summed E-state index contributed by atoms with van der Waals surface area (Å²) in [5.41, 5.74) is 4.57. The maximum absolute atomic E-state index is 6.00. The first kappa shape index (κ1) is 16.0. The molecule has 2 N–H and O–H groups in total. The minimum Gasteiger partial charge on any atom is -0.359 e. The number of rotatable bonds is 8. The second-order valence-corrected chi connectivity index (χ2v) is 5.27. The van der Waals surface area contributed by atoms with Gasteiger partial charge in [0.2, 0.25) is 0 Å². The molecule has 0 aromatic heterocycles. The molecular formula is C17H25N3O. The van der Waals surface area contributed by atoms with Gasteiger partial charge in [0, 0.05) is 0 Å². The Kier molecular flexibility index (Phi) is 6.71. The standard InChI is InChI=1S/C17H25N3O/c1-3-5-11-16(20-14-18-13-19-20)17(21-12-4-2)15-9-7-6-8-10-15/h2,6-10,16-19H,3,5,11-14H2,1H3. The van der Waals surface area contributed by atoms with Gasteiger partial charge in [-0.05, 0) is 12.0 Å². The summed E-state index contributed by atoms with van der Waals surface area (Å²) in [7, 11) is 0. The minimum absolute atomic E-state index is 0.0128. The van der Waals surface area contributed by atoms with E-state index in [0.29, 0.717) is 6.61 Å². The summed E-state index contributed by atoms with van der Waals surface area (Å²) >= 11 is 0. The van der Waals surface area contributed by atoms with E-state index in [2.05, 4.69) is 40.7 Å². The van der Waals surface area contributed by atoms with Crippen LogP contribution in [-0.4, -0.2) is 31.0 Å². The third kappa shape index (κ3) is 4.55. The van der Waals surface area contributed by atoms with E-state index >= 15 is 0 Å². The Hall–Kier alpha value is -1.38. The Labute approximate surface area is 127 Å². The number of nitrogens with zero attached hydrogens (tertiary/aromatic N) is 1. The van der Waals surface area contributed by atoms with Gasteiger partial charge in [0.25, 0.3) is 0 Å². The van der Waals surface area contributed by atoms with E-state index in [1.165, 1.54) is 18.4 Å². The van der Waals surface area contributed by atoms with Gasteiger partial charge in [-0.25, -0.2) is 10.4 Å². The molecule has 2 unspecified atom stereocenters. The number of hydrogen-bond donors (Lipinski definition) is 2. The quantitative estimate of drug-likeness (QED) is 0.719. The van der Waals surface area contributed by atoms with Gasteiger partial charge in [0.15, 0.2) is 0 Å². The van der Waals surface area contributed by atoms with Gasteiger partial charge in [-0.1, -0.05) is 56.0 Å². The molecule has 1 aromatic rings. The molecule has 1 fully saturated rings. The molecule has 1 aromatic carbocycles. The molecule has 2 atom stereocenters. The molecule has 0 aliphatic carbocycles. The highest BCUT2D eigenvalue weighted by atomic mass is 16.5. The number of terminal acetylenes is 1. The van der Waals surface area contributed by atoms with E-state index in [9.17, 15) is 0 Å². The highest BCUT2D eigenvalue weighted by Crippen LogP contribution is 2.28. The molecule has 4 heteroatoms. The molecule has 0 amide bonds. The lowest BCUT2D eigenvalue weighted by Crippen LogP contribution is -2.45. The first-order valence-corrected chi connectivity index (χ1v) is 7.67. The number of unbranched alkanes of at least 4 members (excludes halogenated alkanes) is 1. The Balaban J connectivity index is 2.18. The van der Waals surface area contributed by atoms with Crippen LogP contribution in [0.25, 0.3) is 0 Å². The van der Waals surface area contributed by atoms with Crippen molar-refractivity contribution in [3.63, 3.8) is 0 Å². The second kappa shape index (κ2) is 8.81. The molecule has 4 nitrogen and oxygen atoms in total. The van der Waals surface area contributed by atoms with Gasteiger partial charge in [0.1, 0.15) is 12.7 Å². The van der Waals surface area contributed by atoms with Crippen molar-refractivity contribution in [1.82, 2.24) is 15.8 Å². The highest BCUT2D eigenvalue weighted by Gasteiger charge is 2.30. The van der Waals surface area contributed by atoms with Gasteiger partial charge >= 0.3 is 0 Å². The Bertz CT molecular complexity index is 437. The molecule has 1 aliphatic heterocycles. The van der Waals surface area contributed by atoms with Crippen LogP contribution in [-0.2, 0) is 4.74 Å². The summed E-state index contributed by atoms with van der Waals surface area (Å²) in [4.78, 5) is 0. The van der Waals surface area contributed by atoms with Crippen molar-refractivity contribution >= 4 is 0 Å².